The minimum absolute atomic E-state index is 0.0887. The minimum Gasteiger partial charge on any atom is -0.383 e. The maximum Gasteiger partial charge on any atom is 0.327 e. The number of methoxy groups -OCH3 is 1. The Labute approximate surface area is 103 Å². The maximum atomic E-state index is 12.3. The van der Waals surface area contributed by atoms with E-state index in [-0.39, 0.29) is 17.9 Å². The quantitative estimate of drug-likeness (QED) is 0.683. The van der Waals surface area contributed by atoms with Crippen LogP contribution in [0.3, 0.4) is 0 Å². The first-order chi connectivity index (χ1) is 7.93. The molecule has 98 valence electrons. The summed E-state index contributed by atoms with van der Waals surface area (Å²) in [5.74, 6) is -0.0122. The van der Waals surface area contributed by atoms with Crippen molar-refractivity contribution in [1.29, 1.82) is 0 Å². The predicted molar refractivity (Wildman–Crippen MR) is 64.6 cm³/mol. The molecule has 1 aliphatic rings. The highest BCUT2D eigenvalue weighted by Gasteiger charge is 2.56. The third-order valence-electron chi connectivity index (χ3n) is 3.69. The molecule has 0 aromatic heterocycles. The van der Waals surface area contributed by atoms with Crippen LogP contribution >= 0.6 is 0 Å². The van der Waals surface area contributed by atoms with E-state index >= 15 is 0 Å². The molecule has 0 spiro atoms. The van der Waals surface area contributed by atoms with Crippen LogP contribution in [0.15, 0.2) is 0 Å². The Balaban J connectivity index is 3.11. The van der Waals surface area contributed by atoms with E-state index in [2.05, 4.69) is 0 Å². The molecule has 0 N–H and O–H groups in total. The predicted octanol–water partition coefficient (Wildman–Crippen LogP) is 1.33. The lowest BCUT2D eigenvalue weighted by Crippen LogP contribution is -2.54. The van der Waals surface area contributed by atoms with Crippen LogP contribution in [-0.4, -0.2) is 54.6 Å². The van der Waals surface area contributed by atoms with Crippen molar-refractivity contribution in [3.05, 3.63) is 0 Å². The lowest BCUT2D eigenvalue weighted by molar-refractivity contribution is -0.135. The van der Waals surface area contributed by atoms with Gasteiger partial charge in [0, 0.05) is 20.7 Å². The van der Waals surface area contributed by atoms with Crippen LogP contribution in [0.1, 0.15) is 27.2 Å². The van der Waals surface area contributed by atoms with Crippen molar-refractivity contribution in [2.45, 2.75) is 32.7 Å². The molecule has 1 rings (SSSR count). The second kappa shape index (κ2) is 5.04. The molecule has 0 aromatic rings. The molecule has 1 fully saturated rings. The van der Waals surface area contributed by atoms with Gasteiger partial charge in [-0.2, -0.15) is 0 Å². The van der Waals surface area contributed by atoms with E-state index in [0.29, 0.717) is 19.6 Å². The van der Waals surface area contributed by atoms with Crippen molar-refractivity contribution in [1.82, 2.24) is 9.80 Å². The SMILES string of the molecule is CCC1(C(C)C)C(=O)N(C)C(=O)N1CCOC. The van der Waals surface area contributed by atoms with E-state index in [1.165, 1.54) is 4.90 Å². The monoisotopic (exact) mass is 242 g/mol. The van der Waals surface area contributed by atoms with Gasteiger partial charge in [0.15, 0.2) is 0 Å². The molecule has 1 unspecified atom stereocenters. The largest absolute Gasteiger partial charge is 0.383 e. The van der Waals surface area contributed by atoms with Crippen LogP contribution in [0.5, 0.6) is 0 Å². The number of urea groups is 1. The molecule has 3 amide bonds. The summed E-state index contributed by atoms with van der Waals surface area (Å²) in [6.45, 7) is 6.81. The number of rotatable bonds is 5. The molecule has 0 radical (unpaired) electrons. The van der Waals surface area contributed by atoms with Crippen molar-refractivity contribution in [3.63, 3.8) is 0 Å². The molecule has 0 saturated carbocycles. The van der Waals surface area contributed by atoms with Crippen molar-refractivity contribution >= 4 is 11.9 Å². The summed E-state index contributed by atoms with van der Waals surface area (Å²) >= 11 is 0. The fourth-order valence-electron chi connectivity index (χ4n) is 2.63. The number of ether oxygens (including phenoxy) is 1. The molecule has 1 saturated heterocycles. The molecular formula is C12H22N2O3. The van der Waals surface area contributed by atoms with Gasteiger partial charge in [-0.1, -0.05) is 20.8 Å². The Morgan fingerprint density at radius 2 is 1.94 bits per heavy atom. The zero-order valence-corrected chi connectivity index (χ0v) is 11.3. The standard InChI is InChI=1S/C12H22N2O3/c1-6-12(9(2)3)10(15)13(4)11(16)14(12)7-8-17-5/h9H,6-8H2,1-5H3. The second-order valence-corrected chi connectivity index (χ2v) is 4.72. The summed E-state index contributed by atoms with van der Waals surface area (Å²) < 4.78 is 5.02. The molecule has 1 atom stereocenters. The van der Waals surface area contributed by atoms with Gasteiger partial charge >= 0.3 is 6.03 Å². The van der Waals surface area contributed by atoms with Gasteiger partial charge in [0.05, 0.1) is 6.61 Å². The molecule has 17 heavy (non-hydrogen) atoms. The molecular weight excluding hydrogens is 220 g/mol. The molecule has 0 aromatic carbocycles. The van der Waals surface area contributed by atoms with E-state index in [0.717, 1.165) is 0 Å². The van der Waals surface area contributed by atoms with Gasteiger partial charge in [0.25, 0.3) is 5.91 Å². The zero-order valence-electron chi connectivity index (χ0n) is 11.3. The summed E-state index contributed by atoms with van der Waals surface area (Å²) in [5.41, 5.74) is -0.704. The summed E-state index contributed by atoms with van der Waals surface area (Å²) in [7, 11) is 3.14. The number of nitrogens with zero attached hydrogens (tertiary/aromatic N) is 2. The van der Waals surface area contributed by atoms with Crippen LogP contribution in [0.2, 0.25) is 0 Å². The van der Waals surface area contributed by atoms with E-state index in [9.17, 15) is 9.59 Å². The van der Waals surface area contributed by atoms with Gasteiger partial charge in [-0.05, 0) is 12.3 Å². The van der Waals surface area contributed by atoms with Crippen molar-refractivity contribution < 1.29 is 14.3 Å². The first kappa shape index (κ1) is 14.0. The normalized spacial score (nSPS) is 25.3. The summed E-state index contributed by atoms with van der Waals surface area (Å²) in [5, 5.41) is 0. The Bertz CT molecular complexity index is 317. The number of amides is 3. The number of carbonyl (C=O) groups excluding carboxylic acids is 2. The molecule has 0 bridgehead atoms. The lowest BCUT2D eigenvalue weighted by atomic mass is 9.82. The third-order valence-corrected chi connectivity index (χ3v) is 3.69. The number of hydrogen-bond acceptors (Lipinski definition) is 3. The number of hydrogen-bond donors (Lipinski definition) is 0. The molecule has 5 heteroatoms. The van der Waals surface area contributed by atoms with Crippen molar-refractivity contribution in [2.75, 3.05) is 27.3 Å². The van der Waals surface area contributed by atoms with Crippen LogP contribution in [0.4, 0.5) is 4.79 Å². The van der Waals surface area contributed by atoms with E-state index < -0.39 is 5.54 Å². The highest BCUT2D eigenvalue weighted by atomic mass is 16.5. The molecule has 1 heterocycles. The molecule has 0 aliphatic carbocycles. The molecule has 1 aliphatic heterocycles. The lowest BCUT2D eigenvalue weighted by Gasteiger charge is -2.37. The fourth-order valence-corrected chi connectivity index (χ4v) is 2.63. The summed E-state index contributed by atoms with van der Waals surface area (Å²) in [4.78, 5) is 27.3. The van der Waals surface area contributed by atoms with Crippen LogP contribution in [-0.2, 0) is 9.53 Å². The van der Waals surface area contributed by atoms with Gasteiger partial charge in [-0.25, -0.2) is 4.79 Å². The van der Waals surface area contributed by atoms with Crippen molar-refractivity contribution in [3.8, 4) is 0 Å². The summed E-state index contributed by atoms with van der Waals surface area (Å²) in [6.07, 6.45) is 0.628. The minimum atomic E-state index is -0.704. The third kappa shape index (κ3) is 1.92. The van der Waals surface area contributed by atoms with Gasteiger partial charge in [0.2, 0.25) is 0 Å². The second-order valence-electron chi connectivity index (χ2n) is 4.72. The highest BCUT2D eigenvalue weighted by molar-refractivity contribution is 6.06. The number of likely N-dealkylation sites (N-methyl/N-ethyl adjacent to an activating group) is 1. The first-order valence-electron chi connectivity index (χ1n) is 6.02. The van der Waals surface area contributed by atoms with E-state index in [1.807, 2.05) is 20.8 Å². The van der Waals surface area contributed by atoms with Gasteiger partial charge in [-0.15, -0.1) is 0 Å². The average molecular weight is 242 g/mol. The highest BCUT2D eigenvalue weighted by Crippen LogP contribution is 2.36. The topological polar surface area (TPSA) is 49.9 Å². The Morgan fingerprint density at radius 1 is 1.35 bits per heavy atom. The first-order valence-corrected chi connectivity index (χ1v) is 6.02. The van der Waals surface area contributed by atoms with E-state index in [1.54, 1.807) is 19.1 Å². The van der Waals surface area contributed by atoms with Crippen LogP contribution in [0, 0.1) is 5.92 Å². The number of imide groups is 1. The Morgan fingerprint density at radius 3 is 2.35 bits per heavy atom. The van der Waals surface area contributed by atoms with Gasteiger partial charge < -0.3 is 9.64 Å². The summed E-state index contributed by atoms with van der Waals surface area (Å²) in [6, 6.07) is -0.220. The zero-order chi connectivity index (χ0) is 13.2. The molecule has 5 nitrogen and oxygen atoms in total. The van der Waals surface area contributed by atoms with E-state index in [4.69, 9.17) is 4.74 Å². The maximum absolute atomic E-state index is 12.3. The Kier molecular flexibility index (Phi) is 4.14. The van der Waals surface area contributed by atoms with Gasteiger partial charge in [0.1, 0.15) is 5.54 Å². The fraction of sp³-hybridized carbons (Fsp3) is 0.833. The number of carbonyl (C=O) groups is 2. The van der Waals surface area contributed by atoms with Crippen LogP contribution < -0.4 is 0 Å². The van der Waals surface area contributed by atoms with Crippen LogP contribution in [0.25, 0.3) is 0 Å². The van der Waals surface area contributed by atoms with Crippen molar-refractivity contribution in [2.24, 2.45) is 5.92 Å². The smallest absolute Gasteiger partial charge is 0.327 e. The average Bonchev–Trinajstić information content (AvgIpc) is 2.48. The van der Waals surface area contributed by atoms with Gasteiger partial charge in [-0.3, -0.25) is 9.69 Å². The Hall–Kier alpha value is -1.10.